The van der Waals surface area contributed by atoms with Crippen molar-refractivity contribution in [1.82, 2.24) is 0 Å². The van der Waals surface area contributed by atoms with E-state index in [9.17, 15) is 0 Å². The van der Waals surface area contributed by atoms with Crippen LogP contribution in [0, 0.1) is 0 Å². The van der Waals surface area contributed by atoms with Crippen LogP contribution in [0.25, 0.3) is 0 Å². The molecule has 0 fully saturated rings. The molecule has 0 aliphatic carbocycles. The molecule has 0 aliphatic rings. The van der Waals surface area contributed by atoms with Crippen LogP contribution in [0.5, 0.6) is 0 Å². The molecule has 1 N–H and O–H groups in total. The average Bonchev–Trinajstić information content (AvgIpc) is 2.57. The highest BCUT2D eigenvalue weighted by Crippen LogP contribution is 1.97. The van der Waals surface area contributed by atoms with Crippen molar-refractivity contribution in [2.24, 2.45) is 0 Å². The third kappa shape index (κ3) is 27.1. The van der Waals surface area contributed by atoms with Crippen LogP contribution in [-0.4, -0.2) is 11.1 Å². The van der Waals surface area contributed by atoms with Gasteiger partial charge in [-0.25, -0.2) is 0 Å². The molecule has 2 rings (SSSR count). The molecule has 0 unspecified atom stereocenters. The second-order valence-corrected chi connectivity index (χ2v) is 4.90. The zero-order chi connectivity index (χ0) is 17.9. The second kappa shape index (κ2) is 24.2. The molecule has 0 spiro atoms. The molecule has 2 heteroatoms. The van der Waals surface area contributed by atoms with Crippen molar-refractivity contribution in [1.29, 1.82) is 0 Å². The third-order valence-electron chi connectivity index (χ3n) is 2.50. The second-order valence-electron chi connectivity index (χ2n) is 4.90. The number of benzene rings is 2. The Morgan fingerprint density at radius 3 is 1.04 bits per heavy atom. The Balaban J connectivity index is -0.000000123. The third-order valence-corrected chi connectivity index (χ3v) is 2.50. The predicted molar refractivity (Wildman–Crippen MR) is 114 cm³/mol. The molecule has 0 aliphatic heterocycles. The van der Waals surface area contributed by atoms with Crippen LogP contribution in [0.4, 0.5) is 0 Å². The quantitative estimate of drug-likeness (QED) is 0.619. The van der Waals surface area contributed by atoms with Gasteiger partial charge in [-0.1, -0.05) is 110 Å². The summed E-state index contributed by atoms with van der Waals surface area (Å²) in [5.41, 5.74) is 2.82. The van der Waals surface area contributed by atoms with Gasteiger partial charge in [-0.15, -0.1) is 0 Å². The molecule has 144 valence electrons. The summed E-state index contributed by atoms with van der Waals surface area (Å²) in [6.45, 7) is 9.66. The molecule has 0 heterocycles. The van der Waals surface area contributed by atoms with Crippen molar-refractivity contribution in [3.05, 3.63) is 71.8 Å². The Morgan fingerprint density at radius 1 is 0.720 bits per heavy atom. The molecule has 25 heavy (non-hydrogen) atoms. The molecule has 0 bridgehead atoms. The first-order valence-electron chi connectivity index (χ1n) is 8.28. The van der Waals surface area contributed by atoms with E-state index in [1.54, 1.807) is 0 Å². The number of hydrogen-bond acceptors (Lipinski definition) is 1. The molecular formula is C23H40O2. The number of hydrogen-bond donors (Lipinski definition) is 1. The minimum atomic E-state index is -0.833. The maximum atomic E-state index is 9.00. The van der Waals surface area contributed by atoms with Crippen molar-refractivity contribution in [2.75, 3.05) is 0 Å². The Labute approximate surface area is 156 Å². The van der Waals surface area contributed by atoms with Gasteiger partial charge in [0.1, 0.15) is 0 Å². The van der Waals surface area contributed by atoms with Gasteiger partial charge in [0.15, 0.2) is 0 Å². The highest BCUT2D eigenvalue weighted by atomic mass is 16.4. The van der Waals surface area contributed by atoms with E-state index in [0.29, 0.717) is 0 Å². The topological polar surface area (TPSA) is 37.3 Å². The molecule has 0 aromatic heterocycles. The summed E-state index contributed by atoms with van der Waals surface area (Å²) in [6.07, 6.45) is 3.53. The number of carbonyl (C=O) groups is 1. The van der Waals surface area contributed by atoms with Gasteiger partial charge in [0, 0.05) is 6.92 Å². The van der Waals surface area contributed by atoms with Crippen LogP contribution in [0.1, 0.15) is 67.0 Å². The SMILES string of the molecule is C.C.CC(=O)O.CCC.CCc1ccccc1.CCc1ccccc1. The number of carboxylic acid groups (broad SMARTS) is 1. The van der Waals surface area contributed by atoms with Gasteiger partial charge < -0.3 is 5.11 Å². The lowest BCUT2D eigenvalue weighted by molar-refractivity contribution is -0.134. The smallest absolute Gasteiger partial charge is 0.300 e. The van der Waals surface area contributed by atoms with Gasteiger partial charge in [0.05, 0.1) is 0 Å². The monoisotopic (exact) mass is 348 g/mol. The Kier molecular flexibility index (Phi) is 29.7. The fourth-order valence-corrected chi connectivity index (χ4v) is 1.43. The lowest BCUT2D eigenvalue weighted by Crippen LogP contribution is -1.78. The van der Waals surface area contributed by atoms with Gasteiger partial charge in [-0.05, 0) is 24.0 Å². The minimum absolute atomic E-state index is 0. The first-order chi connectivity index (χ1) is 11.0. The summed E-state index contributed by atoms with van der Waals surface area (Å²) in [5.74, 6) is -0.833. The van der Waals surface area contributed by atoms with Crippen LogP contribution in [0.2, 0.25) is 0 Å². The number of rotatable bonds is 2. The van der Waals surface area contributed by atoms with Gasteiger partial charge in [-0.2, -0.15) is 0 Å². The first-order valence-corrected chi connectivity index (χ1v) is 8.28. The zero-order valence-corrected chi connectivity index (χ0v) is 15.3. The minimum Gasteiger partial charge on any atom is -0.481 e. The van der Waals surface area contributed by atoms with E-state index in [0.717, 1.165) is 19.8 Å². The largest absolute Gasteiger partial charge is 0.481 e. The number of aryl methyl sites for hydroxylation is 2. The van der Waals surface area contributed by atoms with Crippen molar-refractivity contribution in [2.45, 2.75) is 68.7 Å². The van der Waals surface area contributed by atoms with E-state index >= 15 is 0 Å². The van der Waals surface area contributed by atoms with Crippen molar-refractivity contribution in [3.63, 3.8) is 0 Å². The standard InChI is InChI=1S/2C8H10.C3H8.C2H4O2.2CH4/c2*1-2-8-6-4-3-5-7-8;1-3-2;1-2(3)4;;/h2*3-7H,2H2,1H3;3H2,1-2H3;1H3,(H,3,4);2*1H4. The van der Waals surface area contributed by atoms with Crippen LogP contribution >= 0.6 is 0 Å². The van der Waals surface area contributed by atoms with Crippen LogP contribution < -0.4 is 0 Å². The molecular weight excluding hydrogens is 308 g/mol. The molecule has 2 nitrogen and oxygen atoms in total. The molecule has 0 radical (unpaired) electrons. The van der Waals surface area contributed by atoms with Crippen LogP contribution in [0.15, 0.2) is 60.7 Å². The molecule has 0 saturated heterocycles. The Hall–Kier alpha value is -2.09. The van der Waals surface area contributed by atoms with Gasteiger partial charge in [0.2, 0.25) is 0 Å². The average molecular weight is 349 g/mol. The summed E-state index contributed by atoms with van der Waals surface area (Å²) >= 11 is 0. The predicted octanol–water partition coefficient (Wildman–Crippen LogP) is 7.28. The van der Waals surface area contributed by atoms with E-state index in [1.807, 2.05) is 12.1 Å². The van der Waals surface area contributed by atoms with E-state index in [-0.39, 0.29) is 14.9 Å². The van der Waals surface area contributed by atoms with E-state index < -0.39 is 5.97 Å². The van der Waals surface area contributed by atoms with E-state index in [1.165, 1.54) is 17.5 Å². The van der Waals surface area contributed by atoms with Gasteiger partial charge in [-0.3, -0.25) is 4.79 Å². The molecule has 0 saturated carbocycles. The van der Waals surface area contributed by atoms with Crippen molar-refractivity contribution < 1.29 is 9.90 Å². The van der Waals surface area contributed by atoms with E-state index in [4.69, 9.17) is 9.90 Å². The lowest BCUT2D eigenvalue weighted by Gasteiger charge is -1.89. The Morgan fingerprint density at radius 2 is 0.920 bits per heavy atom. The molecule has 0 atom stereocenters. The van der Waals surface area contributed by atoms with Crippen molar-refractivity contribution in [3.8, 4) is 0 Å². The van der Waals surface area contributed by atoms with E-state index in [2.05, 4.69) is 76.2 Å². The van der Waals surface area contributed by atoms with Crippen LogP contribution in [0.3, 0.4) is 0 Å². The normalized spacial score (nSPS) is 7.56. The maximum Gasteiger partial charge on any atom is 0.300 e. The summed E-state index contributed by atoms with van der Waals surface area (Å²) in [4.78, 5) is 9.00. The lowest BCUT2D eigenvalue weighted by atomic mass is 10.2. The first kappa shape index (κ1) is 30.8. The molecule has 2 aromatic rings. The summed E-state index contributed by atoms with van der Waals surface area (Å²) in [7, 11) is 0. The Bertz CT molecular complexity index is 420. The highest BCUT2D eigenvalue weighted by Gasteiger charge is 1.80. The van der Waals surface area contributed by atoms with Crippen LogP contribution in [-0.2, 0) is 17.6 Å². The number of aliphatic carboxylic acids is 1. The number of carboxylic acids is 1. The highest BCUT2D eigenvalue weighted by molar-refractivity contribution is 5.62. The fraction of sp³-hybridized carbons (Fsp3) is 0.435. The summed E-state index contributed by atoms with van der Waals surface area (Å²) in [5, 5.41) is 7.42. The maximum absolute atomic E-state index is 9.00. The van der Waals surface area contributed by atoms with Crippen molar-refractivity contribution >= 4 is 5.97 Å². The van der Waals surface area contributed by atoms with Gasteiger partial charge >= 0.3 is 0 Å². The molecule has 0 amide bonds. The zero-order valence-electron chi connectivity index (χ0n) is 15.3. The fourth-order valence-electron chi connectivity index (χ4n) is 1.43. The van der Waals surface area contributed by atoms with Gasteiger partial charge in [0.25, 0.3) is 5.97 Å². The molecule has 2 aromatic carbocycles. The summed E-state index contributed by atoms with van der Waals surface area (Å²) < 4.78 is 0. The summed E-state index contributed by atoms with van der Waals surface area (Å²) in [6, 6.07) is 20.9.